The van der Waals surface area contributed by atoms with Crippen LogP contribution in [0.25, 0.3) is 10.2 Å². The van der Waals surface area contributed by atoms with Crippen molar-refractivity contribution in [2.75, 3.05) is 18.4 Å². The van der Waals surface area contributed by atoms with Crippen LogP contribution in [0.5, 0.6) is 0 Å². The molecule has 1 aliphatic heterocycles. The largest absolute Gasteiger partial charge is 0.321 e. The Balaban J connectivity index is 1.50. The molecular formula is C23H28N3OS+. The Morgan fingerprint density at radius 1 is 1.25 bits per heavy atom. The number of fused-ring (bicyclic) bond motifs is 1. The lowest BCUT2D eigenvalue weighted by Crippen LogP contribution is -3.11. The molecule has 2 N–H and O–H groups in total. The van der Waals surface area contributed by atoms with Gasteiger partial charge in [0.15, 0.2) is 11.6 Å². The third-order valence-corrected chi connectivity index (χ3v) is 6.82. The van der Waals surface area contributed by atoms with E-state index in [2.05, 4.69) is 62.5 Å². The molecule has 2 aromatic carbocycles. The maximum Gasteiger partial charge on any atom is 0.279 e. The number of hydrogen-bond donors (Lipinski definition) is 2. The van der Waals surface area contributed by atoms with Crippen LogP contribution in [0.15, 0.2) is 42.5 Å². The molecule has 1 amide bonds. The minimum atomic E-state index is 0.0965. The summed E-state index contributed by atoms with van der Waals surface area (Å²) in [5.74, 6) is 0.476. The number of likely N-dealkylation sites (tertiary alicyclic amines) is 1. The number of aryl methyl sites for hydroxylation is 1. The molecule has 3 aromatic rings. The number of benzene rings is 2. The van der Waals surface area contributed by atoms with Gasteiger partial charge in [-0.3, -0.25) is 4.79 Å². The van der Waals surface area contributed by atoms with E-state index in [1.165, 1.54) is 20.2 Å². The maximum atomic E-state index is 12.9. The fourth-order valence-electron chi connectivity index (χ4n) is 4.19. The molecule has 1 unspecified atom stereocenters. The Kier molecular flexibility index (Phi) is 5.47. The molecule has 0 radical (unpaired) electrons. The molecule has 0 bridgehead atoms. The Morgan fingerprint density at radius 2 is 2.07 bits per heavy atom. The van der Waals surface area contributed by atoms with Crippen molar-refractivity contribution in [2.24, 2.45) is 0 Å². The second-order valence-electron chi connectivity index (χ2n) is 8.04. The van der Waals surface area contributed by atoms with Gasteiger partial charge in [-0.15, -0.1) is 11.3 Å². The van der Waals surface area contributed by atoms with Crippen molar-refractivity contribution in [2.45, 2.75) is 45.6 Å². The third-order valence-electron chi connectivity index (χ3n) is 5.67. The first kappa shape index (κ1) is 19.1. The summed E-state index contributed by atoms with van der Waals surface area (Å²) in [5, 5.41) is 4.38. The molecule has 5 heteroatoms. The van der Waals surface area contributed by atoms with E-state index in [1.807, 2.05) is 6.07 Å². The smallest absolute Gasteiger partial charge is 0.279 e. The topological polar surface area (TPSA) is 46.4 Å². The first-order chi connectivity index (χ1) is 13.5. The van der Waals surface area contributed by atoms with Gasteiger partial charge in [0.25, 0.3) is 5.91 Å². The number of carbonyl (C=O) groups excluding carboxylic acids is 1. The number of aromatic nitrogens is 1. The van der Waals surface area contributed by atoms with Crippen LogP contribution in [-0.2, 0) is 4.79 Å². The number of amides is 1. The highest BCUT2D eigenvalue weighted by molar-refractivity contribution is 7.18. The summed E-state index contributed by atoms with van der Waals surface area (Å²) in [6, 6.07) is 14.9. The van der Waals surface area contributed by atoms with E-state index in [9.17, 15) is 4.79 Å². The SMILES string of the molecule is Cc1cccc(C(C)C)c1NC(=O)C[NH+]1CCC[C@@H]1c1nc2ccccc2s1. The van der Waals surface area contributed by atoms with Crippen molar-refractivity contribution in [3.63, 3.8) is 0 Å². The lowest BCUT2D eigenvalue weighted by atomic mass is 9.98. The number of quaternary nitrogens is 1. The zero-order valence-corrected chi connectivity index (χ0v) is 17.6. The first-order valence-electron chi connectivity index (χ1n) is 10.1. The Labute approximate surface area is 170 Å². The van der Waals surface area contributed by atoms with E-state index in [0.717, 1.165) is 36.2 Å². The van der Waals surface area contributed by atoms with Crippen LogP contribution in [0.4, 0.5) is 5.69 Å². The van der Waals surface area contributed by atoms with E-state index in [-0.39, 0.29) is 5.91 Å². The standard InChI is InChI=1S/C23H27N3OS/c1-15(2)17-9-6-8-16(3)22(17)25-21(27)14-26-13-7-11-19(26)23-24-18-10-4-5-12-20(18)28-23/h4-6,8-10,12,15,19H,7,11,13-14H2,1-3H3,(H,25,27)/p+1/t19-/m1/s1. The lowest BCUT2D eigenvalue weighted by Gasteiger charge is -2.21. The van der Waals surface area contributed by atoms with Crippen LogP contribution >= 0.6 is 11.3 Å². The van der Waals surface area contributed by atoms with Gasteiger partial charge >= 0.3 is 0 Å². The molecule has 2 atom stereocenters. The third kappa shape index (κ3) is 3.82. The Morgan fingerprint density at radius 3 is 2.86 bits per heavy atom. The average Bonchev–Trinajstić information content (AvgIpc) is 3.29. The van der Waals surface area contributed by atoms with Crippen LogP contribution in [0.1, 0.15) is 54.8 Å². The van der Waals surface area contributed by atoms with Crippen molar-refractivity contribution >= 4 is 33.1 Å². The van der Waals surface area contributed by atoms with Gasteiger partial charge in [-0.25, -0.2) is 4.98 Å². The van der Waals surface area contributed by atoms with Crippen molar-refractivity contribution < 1.29 is 9.69 Å². The van der Waals surface area contributed by atoms with Crippen molar-refractivity contribution in [3.05, 3.63) is 58.6 Å². The molecular weight excluding hydrogens is 366 g/mol. The number of thiazole rings is 1. The summed E-state index contributed by atoms with van der Waals surface area (Å²) in [7, 11) is 0. The quantitative estimate of drug-likeness (QED) is 0.685. The molecule has 1 saturated heterocycles. The van der Waals surface area contributed by atoms with Gasteiger partial charge in [0.2, 0.25) is 0 Å². The van der Waals surface area contributed by atoms with E-state index in [4.69, 9.17) is 4.98 Å². The van der Waals surface area contributed by atoms with E-state index >= 15 is 0 Å². The normalized spacial score (nSPS) is 19.4. The summed E-state index contributed by atoms with van der Waals surface area (Å²) in [6.07, 6.45) is 2.24. The van der Waals surface area contributed by atoms with E-state index in [0.29, 0.717) is 18.5 Å². The highest BCUT2D eigenvalue weighted by atomic mass is 32.1. The molecule has 146 valence electrons. The maximum absolute atomic E-state index is 12.9. The molecule has 4 rings (SSSR count). The fourth-order valence-corrected chi connectivity index (χ4v) is 5.35. The number of rotatable bonds is 5. The highest BCUT2D eigenvalue weighted by Gasteiger charge is 2.34. The van der Waals surface area contributed by atoms with Gasteiger partial charge in [0, 0.05) is 18.5 Å². The molecule has 1 fully saturated rings. The fraction of sp³-hybridized carbons (Fsp3) is 0.391. The van der Waals surface area contributed by atoms with Crippen LogP contribution in [0.3, 0.4) is 0 Å². The van der Waals surface area contributed by atoms with E-state index in [1.54, 1.807) is 11.3 Å². The highest BCUT2D eigenvalue weighted by Crippen LogP contribution is 2.29. The zero-order chi connectivity index (χ0) is 19.7. The molecule has 0 saturated carbocycles. The van der Waals surface area contributed by atoms with E-state index < -0.39 is 0 Å². The Bertz CT molecular complexity index is 961. The minimum Gasteiger partial charge on any atom is -0.321 e. The van der Waals surface area contributed by atoms with Crippen molar-refractivity contribution in [1.29, 1.82) is 0 Å². The van der Waals surface area contributed by atoms with Gasteiger partial charge in [0.05, 0.1) is 16.8 Å². The summed E-state index contributed by atoms with van der Waals surface area (Å²) in [5.41, 5.74) is 4.38. The number of hydrogen-bond acceptors (Lipinski definition) is 3. The van der Waals surface area contributed by atoms with Crippen molar-refractivity contribution in [1.82, 2.24) is 4.98 Å². The zero-order valence-electron chi connectivity index (χ0n) is 16.8. The number of nitrogens with zero attached hydrogens (tertiary/aromatic N) is 1. The number of anilines is 1. The van der Waals surface area contributed by atoms with Gasteiger partial charge in [-0.05, 0) is 36.1 Å². The van der Waals surface area contributed by atoms with Crippen LogP contribution < -0.4 is 10.2 Å². The molecule has 1 aliphatic rings. The summed E-state index contributed by atoms with van der Waals surface area (Å²) in [4.78, 5) is 19.1. The average molecular weight is 395 g/mol. The van der Waals surface area contributed by atoms with Crippen LogP contribution in [0, 0.1) is 6.92 Å². The summed E-state index contributed by atoms with van der Waals surface area (Å²) < 4.78 is 1.23. The predicted octanol–water partition coefficient (Wildman–Crippen LogP) is 4.09. The molecule has 2 heterocycles. The molecule has 28 heavy (non-hydrogen) atoms. The first-order valence-corrected chi connectivity index (χ1v) is 10.9. The van der Waals surface area contributed by atoms with Gasteiger partial charge in [0.1, 0.15) is 6.04 Å². The second kappa shape index (κ2) is 8.02. The molecule has 0 aliphatic carbocycles. The van der Waals surface area contributed by atoms with Gasteiger partial charge in [-0.1, -0.05) is 44.2 Å². The number of nitrogens with one attached hydrogen (secondary N) is 2. The monoisotopic (exact) mass is 394 g/mol. The molecule has 4 nitrogen and oxygen atoms in total. The summed E-state index contributed by atoms with van der Waals surface area (Å²) in [6.45, 7) is 7.91. The van der Waals surface area contributed by atoms with Crippen LogP contribution in [0.2, 0.25) is 0 Å². The van der Waals surface area contributed by atoms with Crippen LogP contribution in [-0.4, -0.2) is 24.0 Å². The minimum absolute atomic E-state index is 0.0965. The van der Waals surface area contributed by atoms with Gasteiger partial charge < -0.3 is 10.2 Å². The lowest BCUT2D eigenvalue weighted by molar-refractivity contribution is -0.910. The molecule has 0 spiro atoms. The second-order valence-corrected chi connectivity index (χ2v) is 9.10. The summed E-state index contributed by atoms with van der Waals surface area (Å²) >= 11 is 1.77. The van der Waals surface area contributed by atoms with Crippen molar-refractivity contribution in [3.8, 4) is 0 Å². The molecule has 1 aromatic heterocycles. The predicted molar refractivity (Wildman–Crippen MR) is 116 cm³/mol. The number of para-hydroxylation sites is 2. The van der Waals surface area contributed by atoms with Gasteiger partial charge in [-0.2, -0.15) is 0 Å². The Hall–Kier alpha value is -2.24. The number of carbonyl (C=O) groups is 1.